The van der Waals surface area contributed by atoms with E-state index in [-0.39, 0.29) is 12.1 Å². The SMILES string of the molecule is CNCCC(OC(C)=O)c1cc2cccc(OC)c2c2cc(OC)ccc12. The third kappa shape index (κ3) is 3.83. The van der Waals surface area contributed by atoms with E-state index in [1.807, 2.05) is 43.4 Å². The van der Waals surface area contributed by atoms with Crippen LogP contribution in [0.3, 0.4) is 0 Å². The number of ether oxygens (including phenoxy) is 3. The highest BCUT2D eigenvalue weighted by atomic mass is 16.5. The molecule has 0 saturated heterocycles. The lowest BCUT2D eigenvalue weighted by molar-refractivity contribution is -0.146. The summed E-state index contributed by atoms with van der Waals surface area (Å²) in [7, 11) is 5.21. The lowest BCUT2D eigenvalue weighted by atomic mass is 9.92. The molecule has 142 valence electrons. The number of methoxy groups -OCH3 is 2. The molecule has 3 aromatic carbocycles. The summed E-state index contributed by atoms with van der Waals surface area (Å²) < 4.78 is 16.7. The van der Waals surface area contributed by atoms with Crippen LogP contribution in [0, 0.1) is 0 Å². The van der Waals surface area contributed by atoms with Crippen molar-refractivity contribution < 1.29 is 19.0 Å². The Balaban J connectivity index is 2.32. The van der Waals surface area contributed by atoms with Gasteiger partial charge in [0.15, 0.2) is 0 Å². The monoisotopic (exact) mass is 367 g/mol. The first-order valence-corrected chi connectivity index (χ1v) is 8.98. The first-order valence-electron chi connectivity index (χ1n) is 8.98. The van der Waals surface area contributed by atoms with Gasteiger partial charge in [-0.1, -0.05) is 18.2 Å². The molecule has 5 nitrogen and oxygen atoms in total. The average molecular weight is 367 g/mol. The van der Waals surface area contributed by atoms with Gasteiger partial charge in [0.05, 0.1) is 14.2 Å². The highest BCUT2D eigenvalue weighted by Crippen LogP contribution is 2.40. The number of carbonyl (C=O) groups is 1. The highest BCUT2D eigenvalue weighted by molar-refractivity contribution is 6.12. The molecule has 3 aromatic rings. The third-order valence-corrected chi connectivity index (χ3v) is 4.71. The molecule has 3 rings (SSSR count). The van der Waals surface area contributed by atoms with Crippen molar-refractivity contribution >= 4 is 27.5 Å². The van der Waals surface area contributed by atoms with Gasteiger partial charge in [-0.05, 0) is 54.0 Å². The van der Waals surface area contributed by atoms with Crippen LogP contribution in [0.5, 0.6) is 11.5 Å². The van der Waals surface area contributed by atoms with Crippen molar-refractivity contribution in [1.29, 1.82) is 0 Å². The Morgan fingerprint density at radius 3 is 2.56 bits per heavy atom. The molecule has 0 fully saturated rings. The molecule has 0 amide bonds. The molecule has 0 radical (unpaired) electrons. The van der Waals surface area contributed by atoms with E-state index in [0.29, 0.717) is 6.42 Å². The summed E-state index contributed by atoms with van der Waals surface area (Å²) >= 11 is 0. The molecule has 1 atom stereocenters. The molecular weight excluding hydrogens is 342 g/mol. The normalized spacial score (nSPS) is 12.1. The molecule has 0 bridgehead atoms. The van der Waals surface area contributed by atoms with Gasteiger partial charge < -0.3 is 19.5 Å². The molecule has 0 aliphatic carbocycles. The number of hydrogen-bond acceptors (Lipinski definition) is 5. The Bertz CT molecular complexity index is 967. The van der Waals surface area contributed by atoms with Crippen LogP contribution in [0.1, 0.15) is 25.0 Å². The van der Waals surface area contributed by atoms with Crippen molar-refractivity contribution in [3.63, 3.8) is 0 Å². The fourth-order valence-corrected chi connectivity index (χ4v) is 3.50. The van der Waals surface area contributed by atoms with E-state index >= 15 is 0 Å². The predicted molar refractivity (Wildman–Crippen MR) is 108 cm³/mol. The minimum absolute atomic E-state index is 0.288. The Kier molecular flexibility index (Phi) is 5.81. The second-order valence-corrected chi connectivity index (χ2v) is 6.43. The van der Waals surface area contributed by atoms with Crippen molar-refractivity contribution in [1.82, 2.24) is 5.32 Å². The molecule has 1 unspecified atom stereocenters. The van der Waals surface area contributed by atoms with Gasteiger partial charge in [0.1, 0.15) is 17.6 Å². The lowest BCUT2D eigenvalue weighted by Gasteiger charge is -2.21. The van der Waals surface area contributed by atoms with Crippen LogP contribution >= 0.6 is 0 Å². The van der Waals surface area contributed by atoms with E-state index < -0.39 is 0 Å². The van der Waals surface area contributed by atoms with Crippen LogP contribution in [0.25, 0.3) is 21.5 Å². The number of benzene rings is 3. The zero-order valence-electron chi connectivity index (χ0n) is 16.2. The minimum atomic E-state index is -0.332. The van der Waals surface area contributed by atoms with E-state index in [9.17, 15) is 4.79 Å². The smallest absolute Gasteiger partial charge is 0.303 e. The van der Waals surface area contributed by atoms with Crippen LogP contribution in [0.2, 0.25) is 0 Å². The Morgan fingerprint density at radius 1 is 1.07 bits per heavy atom. The van der Waals surface area contributed by atoms with Crippen molar-refractivity contribution in [2.45, 2.75) is 19.4 Å². The summed E-state index contributed by atoms with van der Waals surface area (Å²) in [6.45, 7) is 2.19. The molecule has 0 aromatic heterocycles. The average Bonchev–Trinajstić information content (AvgIpc) is 2.69. The number of hydrogen-bond donors (Lipinski definition) is 1. The molecule has 0 heterocycles. The van der Waals surface area contributed by atoms with Crippen LogP contribution in [-0.4, -0.2) is 33.8 Å². The van der Waals surface area contributed by atoms with E-state index in [4.69, 9.17) is 14.2 Å². The summed E-state index contributed by atoms with van der Waals surface area (Å²) in [5.74, 6) is 1.28. The van der Waals surface area contributed by atoms with E-state index in [2.05, 4.69) is 11.4 Å². The van der Waals surface area contributed by atoms with Crippen LogP contribution in [0.15, 0.2) is 42.5 Å². The summed E-state index contributed by atoms with van der Waals surface area (Å²) in [4.78, 5) is 11.7. The number of nitrogens with one attached hydrogen (secondary N) is 1. The van der Waals surface area contributed by atoms with Gasteiger partial charge in [0.2, 0.25) is 0 Å². The minimum Gasteiger partial charge on any atom is -0.497 e. The van der Waals surface area contributed by atoms with E-state index in [0.717, 1.165) is 45.2 Å². The molecule has 0 aliphatic heterocycles. The fraction of sp³-hybridized carbons (Fsp3) is 0.318. The zero-order valence-corrected chi connectivity index (χ0v) is 16.2. The van der Waals surface area contributed by atoms with Crippen molar-refractivity contribution in [2.24, 2.45) is 0 Å². The fourth-order valence-electron chi connectivity index (χ4n) is 3.50. The zero-order chi connectivity index (χ0) is 19.4. The lowest BCUT2D eigenvalue weighted by Crippen LogP contribution is -2.16. The van der Waals surface area contributed by atoms with Gasteiger partial charge in [0, 0.05) is 24.3 Å². The van der Waals surface area contributed by atoms with Crippen LogP contribution in [0.4, 0.5) is 0 Å². The van der Waals surface area contributed by atoms with Crippen molar-refractivity contribution in [3.05, 3.63) is 48.0 Å². The summed E-state index contributed by atoms with van der Waals surface area (Å²) in [5.41, 5.74) is 0.985. The standard InChI is InChI=1S/C22H25NO4/c1-14(24)27-20(10-11-23-2)18-12-15-6-5-7-21(26-4)22(15)19-13-16(25-3)8-9-17(18)19/h5-9,12-13,20,23H,10-11H2,1-4H3. The molecule has 5 heteroatoms. The molecule has 0 aliphatic rings. The van der Waals surface area contributed by atoms with Crippen LogP contribution < -0.4 is 14.8 Å². The first-order chi connectivity index (χ1) is 13.1. The van der Waals surface area contributed by atoms with Gasteiger partial charge in [-0.3, -0.25) is 4.79 Å². The Morgan fingerprint density at radius 2 is 1.89 bits per heavy atom. The molecule has 27 heavy (non-hydrogen) atoms. The number of fused-ring (bicyclic) bond motifs is 3. The molecule has 0 spiro atoms. The van der Waals surface area contributed by atoms with Gasteiger partial charge in [-0.15, -0.1) is 0 Å². The quantitative estimate of drug-likeness (QED) is 0.500. The Hall–Kier alpha value is -2.79. The van der Waals surface area contributed by atoms with E-state index in [1.165, 1.54) is 6.92 Å². The Labute approximate surface area is 159 Å². The second-order valence-electron chi connectivity index (χ2n) is 6.43. The molecule has 1 N–H and O–H groups in total. The third-order valence-electron chi connectivity index (χ3n) is 4.71. The largest absolute Gasteiger partial charge is 0.497 e. The summed E-state index contributed by atoms with van der Waals surface area (Å²) in [6.07, 6.45) is 0.355. The summed E-state index contributed by atoms with van der Waals surface area (Å²) in [5, 5.41) is 7.22. The second kappa shape index (κ2) is 8.27. The molecule has 0 saturated carbocycles. The number of esters is 1. The van der Waals surface area contributed by atoms with Gasteiger partial charge >= 0.3 is 5.97 Å². The van der Waals surface area contributed by atoms with E-state index in [1.54, 1.807) is 14.2 Å². The highest BCUT2D eigenvalue weighted by Gasteiger charge is 2.20. The molecular formula is C22H25NO4. The maximum Gasteiger partial charge on any atom is 0.303 e. The summed E-state index contributed by atoms with van der Waals surface area (Å²) in [6, 6.07) is 14.0. The predicted octanol–water partition coefficient (Wildman–Crippen LogP) is 4.22. The number of carbonyl (C=O) groups excluding carboxylic acids is 1. The van der Waals surface area contributed by atoms with Gasteiger partial charge in [0.25, 0.3) is 0 Å². The van der Waals surface area contributed by atoms with Crippen molar-refractivity contribution in [3.8, 4) is 11.5 Å². The number of rotatable bonds is 7. The maximum atomic E-state index is 11.7. The van der Waals surface area contributed by atoms with Crippen molar-refractivity contribution in [2.75, 3.05) is 27.8 Å². The van der Waals surface area contributed by atoms with Gasteiger partial charge in [-0.25, -0.2) is 0 Å². The maximum absolute atomic E-state index is 11.7. The topological polar surface area (TPSA) is 56.8 Å². The first kappa shape index (κ1) is 19.0. The van der Waals surface area contributed by atoms with Crippen LogP contribution in [-0.2, 0) is 9.53 Å². The van der Waals surface area contributed by atoms with Gasteiger partial charge in [-0.2, -0.15) is 0 Å².